The van der Waals surface area contributed by atoms with Gasteiger partial charge >= 0.3 is 11.9 Å². The van der Waals surface area contributed by atoms with E-state index in [1.807, 2.05) is 0 Å². The first kappa shape index (κ1) is 22.2. The Morgan fingerprint density at radius 1 is 1.00 bits per heavy atom. The number of nitrogens with zero attached hydrogens (tertiary/aromatic N) is 2. The third-order valence-electron chi connectivity index (χ3n) is 2.89. The van der Waals surface area contributed by atoms with Gasteiger partial charge in [-0.3, -0.25) is 9.59 Å². The molecule has 2 heterocycles. The average molecular weight is 443 g/mol. The molecule has 0 amide bonds. The molecule has 11 heteroatoms. The van der Waals surface area contributed by atoms with Crippen LogP contribution < -0.4 is 11.1 Å². The van der Waals surface area contributed by atoms with Gasteiger partial charge < -0.3 is 19.4 Å². The molecule has 0 aromatic carbocycles. The average Bonchev–Trinajstić information content (AvgIpc) is 2.59. The Kier molecular flexibility index (Phi) is 8.52. The van der Waals surface area contributed by atoms with E-state index in [2.05, 4.69) is 45.3 Å². The van der Waals surface area contributed by atoms with Crippen LogP contribution in [0.15, 0.2) is 20.4 Å². The van der Waals surface area contributed by atoms with Crippen molar-refractivity contribution in [3.05, 3.63) is 54.3 Å². The van der Waals surface area contributed by atoms with E-state index in [0.717, 1.165) is 0 Å². The first-order chi connectivity index (χ1) is 12.7. The first-order valence-electron chi connectivity index (χ1n) is 7.87. The zero-order chi connectivity index (χ0) is 20.6. The van der Waals surface area contributed by atoms with Gasteiger partial charge in [0.15, 0.2) is 0 Å². The largest absolute Gasteiger partial charge is 0.461 e. The van der Waals surface area contributed by atoms with E-state index in [9.17, 15) is 19.2 Å². The van der Waals surface area contributed by atoms with Gasteiger partial charge in [-0.25, -0.2) is 19.6 Å². The van der Waals surface area contributed by atoms with E-state index in [4.69, 9.17) is 0 Å². The zero-order valence-corrected chi connectivity index (χ0v) is 16.8. The molecule has 2 aromatic heterocycles. The molecule has 0 saturated heterocycles. The van der Waals surface area contributed by atoms with Gasteiger partial charge in [-0.05, 0) is 43.6 Å². The number of aromatic amines is 2. The lowest BCUT2D eigenvalue weighted by Gasteiger charge is -2.01. The van der Waals surface area contributed by atoms with E-state index < -0.39 is 23.1 Å². The molecule has 0 aliphatic carbocycles. The second-order valence-corrected chi connectivity index (χ2v) is 5.77. The molecule has 27 heavy (non-hydrogen) atoms. The Bertz CT molecular complexity index is 937. The Hall–Kier alpha value is -2.82. The van der Waals surface area contributed by atoms with Crippen LogP contribution in [0.4, 0.5) is 0 Å². The number of aryl methyl sites for hydroxylation is 2. The van der Waals surface area contributed by atoms with Crippen LogP contribution in [0.5, 0.6) is 0 Å². The van der Waals surface area contributed by atoms with Gasteiger partial charge in [-0.2, -0.15) is 0 Å². The highest BCUT2D eigenvalue weighted by Crippen LogP contribution is 2.08. The van der Waals surface area contributed by atoms with E-state index in [1.165, 1.54) is 6.20 Å². The van der Waals surface area contributed by atoms with Crippen LogP contribution in [0.1, 0.15) is 46.2 Å². The van der Waals surface area contributed by atoms with Crippen molar-refractivity contribution >= 4 is 27.9 Å². The summed E-state index contributed by atoms with van der Waals surface area (Å²) in [4.78, 5) is 57.1. The van der Waals surface area contributed by atoms with E-state index in [1.54, 1.807) is 27.7 Å². The van der Waals surface area contributed by atoms with Crippen LogP contribution in [0, 0.1) is 13.8 Å². The molecule has 0 atom stereocenters. The lowest BCUT2D eigenvalue weighted by molar-refractivity contribution is 0.0507. The number of hydrogen-bond acceptors (Lipinski definition) is 8. The van der Waals surface area contributed by atoms with Crippen LogP contribution in [0.25, 0.3) is 0 Å². The third kappa shape index (κ3) is 6.44. The molecule has 0 aliphatic heterocycles. The van der Waals surface area contributed by atoms with Crippen molar-refractivity contribution in [3.63, 3.8) is 0 Å². The van der Waals surface area contributed by atoms with Gasteiger partial charge in [-0.1, -0.05) is 0 Å². The fourth-order valence-corrected chi connectivity index (χ4v) is 1.96. The molecule has 0 radical (unpaired) electrons. The Morgan fingerprint density at radius 3 is 2.04 bits per heavy atom. The van der Waals surface area contributed by atoms with Crippen LogP contribution in [0.3, 0.4) is 0 Å². The van der Waals surface area contributed by atoms with Crippen molar-refractivity contribution in [3.8, 4) is 0 Å². The second-order valence-electron chi connectivity index (χ2n) is 5.02. The highest BCUT2D eigenvalue weighted by Gasteiger charge is 2.15. The maximum atomic E-state index is 11.3. The molecule has 0 saturated carbocycles. The van der Waals surface area contributed by atoms with Crippen molar-refractivity contribution in [1.82, 2.24) is 19.9 Å². The predicted octanol–water partition coefficient (Wildman–Crippen LogP) is 1.27. The molecule has 0 fully saturated rings. The summed E-state index contributed by atoms with van der Waals surface area (Å²) in [5, 5.41) is 0. The number of halogens is 1. The Labute approximate surface area is 162 Å². The highest BCUT2D eigenvalue weighted by atomic mass is 79.9. The highest BCUT2D eigenvalue weighted by molar-refractivity contribution is 9.10. The third-order valence-corrected chi connectivity index (χ3v) is 3.66. The molecule has 0 bridgehead atoms. The molecule has 146 valence electrons. The number of nitrogens with one attached hydrogen (secondary N) is 2. The van der Waals surface area contributed by atoms with E-state index >= 15 is 0 Å². The van der Waals surface area contributed by atoms with Crippen molar-refractivity contribution in [2.45, 2.75) is 27.7 Å². The standard InChI is InChI=1S/C8H9BrN2O3.C8H10N2O3/c1-3-14-8(13)5-7(12)10-4(2)6(9)11-5;1-3-13-8(12)6-7(11)10-5(2)4-9-6/h3H2,1-2H3,(H,10,12);4H,3H2,1-2H3,(H,10,11). The quantitative estimate of drug-likeness (QED) is 0.673. The zero-order valence-electron chi connectivity index (χ0n) is 15.2. The van der Waals surface area contributed by atoms with Gasteiger partial charge in [0.1, 0.15) is 4.60 Å². The fraction of sp³-hybridized carbons (Fsp3) is 0.375. The molecule has 2 aromatic rings. The van der Waals surface area contributed by atoms with Crippen molar-refractivity contribution in [2.75, 3.05) is 13.2 Å². The van der Waals surface area contributed by atoms with Gasteiger partial charge in [0.25, 0.3) is 11.1 Å². The van der Waals surface area contributed by atoms with Gasteiger partial charge in [0.2, 0.25) is 11.4 Å². The number of aromatic nitrogens is 4. The van der Waals surface area contributed by atoms with Crippen LogP contribution >= 0.6 is 15.9 Å². The number of carbonyl (C=O) groups excluding carboxylic acids is 2. The van der Waals surface area contributed by atoms with Gasteiger partial charge in [0, 0.05) is 17.6 Å². The number of ether oxygens (including phenoxy) is 2. The number of hydrogen-bond donors (Lipinski definition) is 2. The minimum atomic E-state index is -0.713. The van der Waals surface area contributed by atoms with Gasteiger partial charge in [0.05, 0.1) is 13.2 Å². The summed E-state index contributed by atoms with van der Waals surface area (Å²) < 4.78 is 9.72. The minimum Gasteiger partial charge on any atom is -0.461 e. The molecule has 0 unspecified atom stereocenters. The maximum Gasteiger partial charge on any atom is 0.362 e. The molecule has 2 N–H and O–H groups in total. The van der Waals surface area contributed by atoms with E-state index in [0.29, 0.717) is 16.0 Å². The van der Waals surface area contributed by atoms with Crippen molar-refractivity contribution in [2.24, 2.45) is 0 Å². The molecule has 0 spiro atoms. The lowest BCUT2D eigenvalue weighted by Crippen LogP contribution is -2.23. The summed E-state index contributed by atoms with van der Waals surface area (Å²) in [6.07, 6.45) is 1.41. The van der Waals surface area contributed by atoms with E-state index in [-0.39, 0.29) is 24.6 Å². The molecule has 2 rings (SSSR count). The normalized spacial score (nSPS) is 9.81. The molecule has 10 nitrogen and oxygen atoms in total. The number of carbonyl (C=O) groups is 2. The monoisotopic (exact) mass is 442 g/mol. The summed E-state index contributed by atoms with van der Waals surface area (Å²) >= 11 is 3.11. The molecular formula is C16H19BrN4O6. The minimum absolute atomic E-state index is 0.201. The maximum absolute atomic E-state index is 11.3. The number of H-pyrrole nitrogens is 2. The summed E-state index contributed by atoms with van der Waals surface area (Å²) in [7, 11) is 0. The Morgan fingerprint density at radius 2 is 1.52 bits per heavy atom. The van der Waals surface area contributed by atoms with Crippen LogP contribution in [0.2, 0.25) is 0 Å². The molecular weight excluding hydrogens is 424 g/mol. The fourth-order valence-electron chi connectivity index (χ4n) is 1.69. The Balaban J connectivity index is 0.000000271. The number of esters is 2. The SMILES string of the molecule is CCOC(=O)c1nc(Br)c(C)[nH]c1=O.CCOC(=O)c1ncc(C)[nH]c1=O. The van der Waals surface area contributed by atoms with Crippen LogP contribution in [-0.2, 0) is 9.47 Å². The smallest absolute Gasteiger partial charge is 0.362 e. The topological polar surface area (TPSA) is 144 Å². The van der Waals surface area contributed by atoms with Crippen LogP contribution in [-0.4, -0.2) is 45.1 Å². The second kappa shape index (κ2) is 10.4. The summed E-state index contributed by atoms with van der Waals surface area (Å²) in [6, 6.07) is 0. The summed E-state index contributed by atoms with van der Waals surface area (Å²) in [5.74, 6) is -1.40. The summed E-state index contributed by atoms with van der Waals surface area (Å²) in [5.41, 5.74) is -0.305. The predicted molar refractivity (Wildman–Crippen MR) is 98.8 cm³/mol. The van der Waals surface area contributed by atoms with Gasteiger partial charge in [-0.15, -0.1) is 0 Å². The first-order valence-corrected chi connectivity index (χ1v) is 8.67. The van der Waals surface area contributed by atoms with Crippen molar-refractivity contribution in [1.29, 1.82) is 0 Å². The summed E-state index contributed by atoms with van der Waals surface area (Å²) in [6.45, 7) is 7.13. The number of rotatable bonds is 4. The van der Waals surface area contributed by atoms with Crippen molar-refractivity contribution < 1.29 is 19.1 Å². The molecule has 0 aliphatic rings. The lowest BCUT2D eigenvalue weighted by atomic mass is 10.4.